The fourth-order valence-corrected chi connectivity index (χ4v) is 3.93. The maximum atomic E-state index is 12.1. The molecule has 1 heterocycles. The molecule has 2 aromatic carbocycles. The fraction of sp³-hybridized carbons (Fsp3) is 0.300. The number of aromatic nitrogens is 1. The number of rotatable bonds is 7. The zero-order valence-corrected chi connectivity index (χ0v) is 16.4. The van der Waals surface area contributed by atoms with E-state index in [4.69, 9.17) is 16.3 Å². The number of hydrogen-bond donors (Lipinski definition) is 1. The van der Waals surface area contributed by atoms with E-state index in [1.54, 1.807) is 13.2 Å². The summed E-state index contributed by atoms with van der Waals surface area (Å²) in [5.41, 5.74) is 3.21. The molecule has 26 heavy (non-hydrogen) atoms. The summed E-state index contributed by atoms with van der Waals surface area (Å²) in [7, 11) is 1.69. The summed E-state index contributed by atoms with van der Waals surface area (Å²) in [6.45, 7) is 2.03. The lowest BCUT2D eigenvalue weighted by Crippen LogP contribution is -2.10. The van der Waals surface area contributed by atoms with Crippen LogP contribution in [0.25, 0.3) is 10.2 Å². The molecule has 0 unspecified atom stereocenters. The van der Waals surface area contributed by atoms with Crippen LogP contribution >= 0.6 is 22.9 Å². The van der Waals surface area contributed by atoms with E-state index in [2.05, 4.69) is 28.5 Å². The van der Waals surface area contributed by atoms with Crippen LogP contribution < -0.4 is 10.1 Å². The van der Waals surface area contributed by atoms with E-state index in [1.807, 2.05) is 19.1 Å². The van der Waals surface area contributed by atoms with Gasteiger partial charge in [-0.25, -0.2) is 4.98 Å². The van der Waals surface area contributed by atoms with Gasteiger partial charge in [0.25, 0.3) is 0 Å². The number of fused-ring (bicyclic) bond motifs is 1. The number of amides is 1. The number of methoxy groups -OCH3 is 1. The third-order valence-electron chi connectivity index (χ3n) is 4.19. The number of hydrogen-bond acceptors (Lipinski definition) is 4. The van der Waals surface area contributed by atoms with Crippen LogP contribution in [0.1, 0.15) is 30.4 Å². The molecular weight excluding hydrogens is 368 g/mol. The van der Waals surface area contributed by atoms with Gasteiger partial charge in [0, 0.05) is 11.4 Å². The van der Waals surface area contributed by atoms with Gasteiger partial charge in [0.05, 0.1) is 17.3 Å². The molecular formula is C20H21ClN2O2S. The molecule has 1 aromatic heterocycles. The van der Waals surface area contributed by atoms with Gasteiger partial charge in [-0.05, 0) is 61.6 Å². The molecule has 3 aromatic rings. The second-order valence-corrected chi connectivity index (χ2v) is 7.66. The number of aryl methyl sites for hydroxylation is 2. The number of carbonyl (C=O) groups is 1. The van der Waals surface area contributed by atoms with Gasteiger partial charge in [0.1, 0.15) is 5.75 Å². The third-order valence-corrected chi connectivity index (χ3v) is 5.36. The van der Waals surface area contributed by atoms with E-state index in [0.29, 0.717) is 16.6 Å². The lowest BCUT2D eigenvalue weighted by molar-refractivity contribution is -0.116. The normalized spacial score (nSPS) is 10.9. The molecule has 4 nitrogen and oxygen atoms in total. The molecule has 0 fully saturated rings. The highest BCUT2D eigenvalue weighted by molar-refractivity contribution is 7.22. The summed E-state index contributed by atoms with van der Waals surface area (Å²) in [6, 6.07) is 11.8. The van der Waals surface area contributed by atoms with Crippen molar-refractivity contribution < 1.29 is 9.53 Å². The Kier molecular flexibility index (Phi) is 6.12. The van der Waals surface area contributed by atoms with Crippen molar-refractivity contribution in [3.8, 4) is 5.75 Å². The van der Waals surface area contributed by atoms with Crippen molar-refractivity contribution in [3.63, 3.8) is 0 Å². The summed E-state index contributed by atoms with van der Waals surface area (Å²) >= 11 is 7.42. The Morgan fingerprint density at radius 3 is 2.88 bits per heavy atom. The van der Waals surface area contributed by atoms with Gasteiger partial charge in [-0.2, -0.15) is 0 Å². The van der Waals surface area contributed by atoms with Crippen LogP contribution in [0.5, 0.6) is 5.75 Å². The minimum Gasteiger partial charge on any atom is -0.496 e. The van der Waals surface area contributed by atoms with Gasteiger partial charge in [0.2, 0.25) is 5.91 Å². The molecule has 0 atom stereocenters. The summed E-state index contributed by atoms with van der Waals surface area (Å²) in [5.74, 6) is 0.910. The molecule has 3 rings (SSSR count). The fourth-order valence-electron chi connectivity index (χ4n) is 2.77. The smallest absolute Gasteiger partial charge is 0.226 e. The van der Waals surface area contributed by atoms with Crippen molar-refractivity contribution in [1.29, 1.82) is 0 Å². The highest BCUT2D eigenvalue weighted by Crippen LogP contribution is 2.28. The van der Waals surface area contributed by atoms with Gasteiger partial charge in [0.15, 0.2) is 5.13 Å². The van der Waals surface area contributed by atoms with Gasteiger partial charge >= 0.3 is 0 Å². The van der Waals surface area contributed by atoms with Crippen molar-refractivity contribution in [1.82, 2.24) is 4.98 Å². The molecule has 0 aliphatic carbocycles. The number of unbranched alkanes of at least 4 members (excludes halogenated alkanes) is 1. The third kappa shape index (κ3) is 4.74. The number of halogens is 1. The predicted molar refractivity (Wildman–Crippen MR) is 109 cm³/mol. The van der Waals surface area contributed by atoms with Crippen LogP contribution in [0.15, 0.2) is 36.4 Å². The molecule has 6 heteroatoms. The first-order valence-corrected chi connectivity index (χ1v) is 9.74. The second-order valence-electron chi connectivity index (χ2n) is 6.19. The van der Waals surface area contributed by atoms with Crippen LogP contribution in [-0.4, -0.2) is 18.0 Å². The number of ether oxygens (including phenoxy) is 1. The Labute approximate surface area is 162 Å². The average molecular weight is 389 g/mol. The van der Waals surface area contributed by atoms with E-state index in [0.717, 1.165) is 40.8 Å². The minimum absolute atomic E-state index is 0.00311. The number of thiazole rings is 1. The molecule has 0 aliphatic heterocycles. The first-order chi connectivity index (χ1) is 12.5. The van der Waals surface area contributed by atoms with E-state index in [-0.39, 0.29) is 5.91 Å². The number of anilines is 1. The molecule has 136 valence electrons. The molecule has 1 amide bonds. The van der Waals surface area contributed by atoms with Gasteiger partial charge in [-0.15, -0.1) is 0 Å². The quantitative estimate of drug-likeness (QED) is 0.534. The highest BCUT2D eigenvalue weighted by atomic mass is 35.5. The Bertz CT molecular complexity index is 923. The van der Waals surface area contributed by atoms with E-state index >= 15 is 0 Å². The zero-order valence-electron chi connectivity index (χ0n) is 14.8. The molecule has 0 spiro atoms. The topological polar surface area (TPSA) is 51.2 Å². The van der Waals surface area contributed by atoms with Crippen molar-refractivity contribution >= 4 is 44.2 Å². The lowest BCUT2D eigenvalue weighted by Gasteiger charge is -2.07. The van der Waals surface area contributed by atoms with Crippen LogP contribution in [0.2, 0.25) is 5.02 Å². The Morgan fingerprint density at radius 1 is 1.23 bits per heavy atom. The monoisotopic (exact) mass is 388 g/mol. The van der Waals surface area contributed by atoms with Gasteiger partial charge in [-0.3, -0.25) is 4.79 Å². The van der Waals surface area contributed by atoms with Crippen molar-refractivity contribution in [3.05, 3.63) is 52.5 Å². The van der Waals surface area contributed by atoms with E-state index in [1.165, 1.54) is 16.9 Å². The van der Waals surface area contributed by atoms with Crippen LogP contribution in [0, 0.1) is 6.92 Å². The summed E-state index contributed by atoms with van der Waals surface area (Å²) < 4.78 is 6.32. The first kappa shape index (κ1) is 18.7. The average Bonchev–Trinajstić information content (AvgIpc) is 3.01. The standard InChI is InChI=1S/C20H21ClN2O2S/c1-13-7-8-14(11-17(13)25-2)5-3-4-6-19(24)23-20-22-16-10-9-15(21)12-18(16)26-20/h7-12H,3-6H2,1-2H3,(H,22,23,24). The van der Waals surface area contributed by atoms with E-state index < -0.39 is 0 Å². The Balaban J connectivity index is 1.46. The molecule has 0 radical (unpaired) electrons. The number of benzene rings is 2. The Morgan fingerprint density at radius 2 is 2.08 bits per heavy atom. The lowest BCUT2D eigenvalue weighted by atomic mass is 10.0. The number of nitrogens with one attached hydrogen (secondary N) is 1. The summed E-state index contributed by atoms with van der Waals surface area (Å²) in [4.78, 5) is 16.5. The molecule has 0 bridgehead atoms. The number of carbonyl (C=O) groups excluding carboxylic acids is 1. The summed E-state index contributed by atoms with van der Waals surface area (Å²) in [5, 5.41) is 4.17. The largest absolute Gasteiger partial charge is 0.496 e. The highest BCUT2D eigenvalue weighted by Gasteiger charge is 2.08. The predicted octanol–water partition coefficient (Wildman–Crippen LogP) is 5.62. The number of nitrogens with zero attached hydrogens (tertiary/aromatic N) is 1. The van der Waals surface area contributed by atoms with Crippen molar-refractivity contribution in [2.24, 2.45) is 0 Å². The first-order valence-electron chi connectivity index (χ1n) is 8.54. The van der Waals surface area contributed by atoms with Crippen molar-refractivity contribution in [2.45, 2.75) is 32.6 Å². The van der Waals surface area contributed by atoms with Gasteiger partial charge in [-0.1, -0.05) is 35.1 Å². The maximum Gasteiger partial charge on any atom is 0.226 e. The molecule has 1 N–H and O–H groups in total. The Hall–Kier alpha value is -2.11. The van der Waals surface area contributed by atoms with Crippen molar-refractivity contribution in [2.75, 3.05) is 12.4 Å². The van der Waals surface area contributed by atoms with Crippen LogP contribution in [0.4, 0.5) is 5.13 Å². The van der Waals surface area contributed by atoms with Crippen LogP contribution in [0.3, 0.4) is 0 Å². The molecule has 0 saturated carbocycles. The summed E-state index contributed by atoms with van der Waals surface area (Å²) in [6.07, 6.45) is 3.21. The zero-order chi connectivity index (χ0) is 18.5. The van der Waals surface area contributed by atoms with E-state index in [9.17, 15) is 4.79 Å². The maximum absolute atomic E-state index is 12.1. The SMILES string of the molecule is COc1cc(CCCCC(=O)Nc2nc3ccc(Cl)cc3s2)ccc1C. The second kappa shape index (κ2) is 8.52. The van der Waals surface area contributed by atoms with Crippen LogP contribution in [-0.2, 0) is 11.2 Å². The molecule has 0 aliphatic rings. The molecule has 0 saturated heterocycles. The van der Waals surface area contributed by atoms with Gasteiger partial charge < -0.3 is 10.1 Å². The minimum atomic E-state index is -0.00311.